The monoisotopic (exact) mass is 296 g/mol. The van der Waals surface area contributed by atoms with Crippen molar-refractivity contribution in [3.63, 3.8) is 0 Å². The Morgan fingerprint density at radius 3 is 2.77 bits per heavy atom. The summed E-state index contributed by atoms with van der Waals surface area (Å²) in [5.41, 5.74) is 2.68. The number of carbonyl (C=O) groups is 1. The Balaban J connectivity index is 2.30. The van der Waals surface area contributed by atoms with Gasteiger partial charge in [-0.05, 0) is 43.7 Å². The average Bonchev–Trinajstić information content (AvgIpc) is 2.53. The Labute approximate surface area is 127 Å². The van der Waals surface area contributed by atoms with Gasteiger partial charge in [0.2, 0.25) is 0 Å². The highest BCUT2D eigenvalue weighted by Crippen LogP contribution is 2.20. The lowest BCUT2D eigenvalue weighted by atomic mass is 10.00. The van der Waals surface area contributed by atoms with Crippen LogP contribution in [0.2, 0.25) is 0 Å². The van der Waals surface area contributed by atoms with Crippen LogP contribution in [-0.4, -0.2) is 22.5 Å². The summed E-state index contributed by atoms with van der Waals surface area (Å²) in [7, 11) is 1.35. The molecule has 5 nitrogen and oxygen atoms in total. The van der Waals surface area contributed by atoms with E-state index in [1.54, 1.807) is 29.5 Å². The second-order valence-corrected chi connectivity index (χ2v) is 5.30. The minimum absolute atomic E-state index is 0.128. The van der Waals surface area contributed by atoms with E-state index >= 15 is 0 Å². The van der Waals surface area contributed by atoms with Crippen LogP contribution in [0, 0.1) is 6.92 Å². The van der Waals surface area contributed by atoms with Crippen LogP contribution in [-0.2, 0) is 9.53 Å². The predicted molar refractivity (Wildman–Crippen MR) is 84.1 cm³/mol. The lowest BCUT2D eigenvalue weighted by molar-refractivity contribution is -0.141. The molecule has 0 fully saturated rings. The van der Waals surface area contributed by atoms with Crippen molar-refractivity contribution in [2.45, 2.75) is 19.8 Å². The number of ether oxygens (including phenoxy) is 1. The molecule has 1 aromatic carbocycles. The smallest absolute Gasteiger partial charge is 0.312 e. The Morgan fingerprint density at radius 1 is 1.27 bits per heavy atom. The van der Waals surface area contributed by atoms with Crippen molar-refractivity contribution >= 4 is 22.5 Å². The fraction of sp³-hybridized carbons (Fsp3) is 0.235. The van der Waals surface area contributed by atoms with Gasteiger partial charge in [-0.3, -0.25) is 14.0 Å². The molecular weight excluding hydrogens is 280 g/mol. The average molecular weight is 296 g/mol. The van der Waals surface area contributed by atoms with E-state index in [1.165, 1.54) is 7.11 Å². The third-order valence-electron chi connectivity index (χ3n) is 3.91. The number of methoxy groups -OCH3 is 1. The highest BCUT2D eigenvalue weighted by molar-refractivity contribution is 5.84. The normalized spacial score (nSPS) is 12.5. The van der Waals surface area contributed by atoms with Crippen LogP contribution in [0.1, 0.15) is 24.1 Å². The molecule has 0 saturated carbocycles. The summed E-state index contributed by atoms with van der Waals surface area (Å²) in [6, 6.07) is 10.8. The first kappa shape index (κ1) is 14.3. The molecule has 0 aliphatic carbocycles. The fourth-order valence-corrected chi connectivity index (χ4v) is 2.60. The lowest BCUT2D eigenvalue weighted by Gasteiger charge is -2.11. The highest BCUT2D eigenvalue weighted by atomic mass is 16.5. The molecule has 0 saturated heterocycles. The van der Waals surface area contributed by atoms with E-state index in [9.17, 15) is 9.59 Å². The second-order valence-electron chi connectivity index (χ2n) is 5.30. The Morgan fingerprint density at radius 2 is 2.05 bits per heavy atom. The molecule has 0 aliphatic heterocycles. The van der Waals surface area contributed by atoms with Gasteiger partial charge in [0.15, 0.2) is 0 Å². The molecule has 0 spiro atoms. The van der Waals surface area contributed by atoms with Gasteiger partial charge in [-0.2, -0.15) is 0 Å². The van der Waals surface area contributed by atoms with Crippen LogP contribution in [0.5, 0.6) is 0 Å². The van der Waals surface area contributed by atoms with E-state index in [1.807, 2.05) is 25.1 Å². The lowest BCUT2D eigenvalue weighted by Crippen LogP contribution is -2.18. The van der Waals surface area contributed by atoms with Gasteiger partial charge in [0.25, 0.3) is 5.56 Å². The minimum Gasteiger partial charge on any atom is -0.469 e. The number of nitrogens with zero attached hydrogens (tertiary/aromatic N) is 2. The zero-order chi connectivity index (χ0) is 15.9. The maximum Gasteiger partial charge on any atom is 0.312 e. The third kappa shape index (κ3) is 2.15. The van der Waals surface area contributed by atoms with Crippen LogP contribution >= 0.6 is 0 Å². The van der Waals surface area contributed by atoms with Gasteiger partial charge in [0, 0.05) is 5.69 Å². The molecule has 5 heteroatoms. The van der Waals surface area contributed by atoms with Crippen molar-refractivity contribution in [3.8, 4) is 0 Å². The molecule has 1 atom stereocenters. The first-order valence-electron chi connectivity index (χ1n) is 7.03. The molecule has 0 radical (unpaired) electrons. The standard InChI is InChI=1S/C17H16N2O3/c1-10-5-4-6-15-18-14-8-7-12(11(2)17(21)22-3)9-13(14)16(20)19(10)15/h4-9,11H,1-3H3. The maximum absolute atomic E-state index is 12.7. The molecule has 112 valence electrons. The Hall–Kier alpha value is -2.69. The van der Waals surface area contributed by atoms with E-state index in [4.69, 9.17) is 4.74 Å². The molecule has 1 unspecified atom stereocenters. The number of benzene rings is 1. The summed E-state index contributed by atoms with van der Waals surface area (Å²) in [4.78, 5) is 28.9. The molecule has 0 aliphatic rings. The third-order valence-corrected chi connectivity index (χ3v) is 3.91. The minimum atomic E-state index is -0.425. The summed E-state index contributed by atoms with van der Waals surface area (Å²) in [6.45, 7) is 3.62. The summed E-state index contributed by atoms with van der Waals surface area (Å²) < 4.78 is 6.34. The quantitative estimate of drug-likeness (QED) is 0.538. The summed E-state index contributed by atoms with van der Waals surface area (Å²) in [6.07, 6.45) is 0. The zero-order valence-corrected chi connectivity index (χ0v) is 12.7. The largest absolute Gasteiger partial charge is 0.469 e. The molecule has 3 rings (SSSR count). The molecule has 2 aromatic heterocycles. The number of hydrogen-bond donors (Lipinski definition) is 0. The van der Waals surface area contributed by atoms with E-state index in [2.05, 4.69) is 4.98 Å². The van der Waals surface area contributed by atoms with E-state index in [0.29, 0.717) is 16.6 Å². The molecule has 2 heterocycles. The molecule has 0 N–H and O–H groups in total. The first-order chi connectivity index (χ1) is 10.5. The van der Waals surface area contributed by atoms with E-state index in [-0.39, 0.29) is 11.5 Å². The van der Waals surface area contributed by atoms with Crippen molar-refractivity contribution in [3.05, 3.63) is 58.0 Å². The van der Waals surface area contributed by atoms with Crippen molar-refractivity contribution in [2.24, 2.45) is 0 Å². The first-order valence-corrected chi connectivity index (χ1v) is 7.03. The van der Waals surface area contributed by atoms with Crippen LogP contribution in [0.4, 0.5) is 0 Å². The topological polar surface area (TPSA) is 60.7 Å². The van der Waals surface area contributed by atoms with E-state index < -0.39 is 5.92 Å². The van der Waals surface area contributed by atoms with Crippen molar-refractivity contribution in [1.29, 1.82) is 0 Å². The molecule has 0 bridgehead atoms. The van der Waals surface area contributed by atoms with Gasteiger partial charge < -0.3 is 4.74 Å². The molecule has 0 amide bonds. The van der Waals surface area contributed by atoms with Gasteiger partial charge in [-0.25, -0.2) is 4.98 Å². The Kier molecular flexibility index (Phi) is 3.41. The van der Waals surface area contributed by atoms with Crippen LogP contribution < -0.4 is 5.56 Å². The van der Waals surface area contributed by atoms with Crippen LogP contribution in [0.15, 0.2) is 41.2 Å². The molecule has 3 aromatic rings. The number of esters is 1. The summed E-state index contributed by atoms with van der Waals surface area (Å²) in [5.74, 6) is -0.754. The number of aryl methyl sites for hydroxylation is 1. The second kappa shape index (κ2) is 5.26. The number of fused-ring (bicyclic) bond motifs is 2. The summed E-state index contributed by atoms with van der Waals surface area (Å²) in [5, 5.41) is 0.500. The maximum atomic E-state index is 12.7. The van der Waals surface area contributed by atoms with Crippen molar-refractivity contribution in [1.82, 2.24) is 9.38 Å². The SMILES string of the molecule is COC(=O)C(C)c1ccc2nc3cccc(C)n3c(=O)c2c1. The van der Waals surface area contributed by atoms with E-state index in [0.717, 1.165) is 11.3 Å². The van der Waals surface area contributed by atoms with Gasteiger partial charge >= 0.3 is 5.97 Å². The fourth-order valence-electron chi connectivity index (χ4n) is 2.60. The van der Waals surface area contributed by atoms with Gasteiger partial charge in [0.05, 0.1) is 23.9 Å². The van der Waals surface area contributed by atoms with Crippen LogP contribution in [0.25, 0.3) is 16.6 Å². The van der Waals surface area contributed by atoms with Gasteiger partial charge in [-0.15, -0.1) is 0 Å². The number of hydrogen-bond acceptors (Lipinski definition) is 4. The Bertz CT molecular complexity index is 944. The van der Waals surface area contributed by atoms with Crippen LogP contribution in [0.3, 0.4) is 0 Å². The van der Waals surface area contributed by atoms with Crippen molar-refractivity contribution in [2.75, 3.05) is 7.11 Å². The highest BCUT2D eigenvalue weighted by Gasteiger charge is 2.17. The zero-order valence-electron chi connectivity index (χ0n) is 12.7. The number of pyridine rings is 1. The number of rotatable bonds is 2. The van der Waals surface area contributed by atoms with Crippen molar-refractivity contribution < 1.29 is 9.53 Å². The predicted octanol–water partition coefficient (Wildman–Crippen LogP) is 2.43. The van der Waals surface area contributed by atoms with Gasteiger partial charge in [-0.1, -0.05) is 12.1 Å². The number of carbonyl (C=O) groups excluding carboxylic acids is 1. The number of aromatic nitrogens is 2. The summed E-state index contributed by atoms with van der Waals surface area (Å²) >= 11 is 0. The molecule has 22 heavy (non-hydrogen) atoms. The van der Waals surface area contributed by atoms with Gasteiger partial charge in [0.1, 0.15) is 5.65 Å². The molecular formula is C17H16N2O3.